The van der Waals surface area contributed by atoms with Crippen LogP contribution >= 0.6 is 0 Å². The van der Waals surface area contributed by atoms with E-state index in [1.165, 1.54) is 6.92 Å². The average molecular weight is 314 g/mol. The predicted octanol–water partition coefficient (Wildman–Crippen LogP) is 3.92. The molecule has 2 unspecified atom stereocenters. The van der Waals surface area contributed by atoms with Crippen molar-refractivity contribution in [1.82, 2.24) is 0 Å². The van der Waals surface area contributed by atoms with Gasteiger partial charge in [-0.15, -0.1) is 0 Å². The number of esters is 1. The molecular weight excluding hydrogens is 295 g/mol. The van der Waals surface area contributed by atoms with Crippen LogP contribution in [0.2, 0.25) is 0 Å². The molecule has 0 bridgehead atoms. The minimum atomic E-state index is -1.20. The summed E-state index contributed by atoms with van der Waals surface area (Å²) in [5.74, 6) is -1.17. The second-order valence-electron chi connectivity index (χ2n) is 5.45. The first kappa shape index (κ1) is 16.9. The highest BCUT2D eigenvalue weighted by atomic mass is 19.1. The molecule has 2 atom stereocenters. The normalized spacial score (nSPS) is 13.2. The molecule has 120 valence electrons. The predicted molar refractivity (Wildman–Crippen MR) is 86.3 cm³/mol. The summed E-state index contributed by atoms with van der Waals surface area (Å²) >= 11 is 0. The summed E-state index contributed by atoms with van der Waals surface area (Å²) in [5.41, 5.74) is 1.77. The minimum Gasteiger partial charge on any atom is -0.462 e. The van der Waals surface area contributed by atoms with Crippen LogP contribution < -0.4 is 0 Å². The zero-order chi connectivity index (χ0) is 16.8. The monoisotopic (exact) mass is 314 g/mol. The maximum atomic E-state index is 12.8. The molecule has 0 radical (unpaired) electrons. The van der Waals surface area contributed by atoms with Gasteiger partial charge in [-0.3, -0.25) is 9.59 Å². The van der Waals surface area contributed by atoms with E-state index in [9.17, 15) is 14.0 Å². The zero-order valence-corrected chi connectivity index (χ0v) is 13.2. The summed E-state index contributed by atoms with van der Waals surface area (Å²) in [7, 11) is 0. The van der Waals surface area contributed by atoms with Gasteiger partial charge in [-0.2, -0.15) is 0 Å². The van der Waals surface area contributed by atoms with Crippen LogP contribution in [0.1, 0.15) is 41.3 Å². The zero-order valence-electron chi connectivity index (χ0n) is 13.2. The van der Waals surface area contributed by atoms with E-state index in [1.807, 2.05) is 6.07 Å². The molecule has 0 fully saturated rings. The Morgan fingerprint density at radius 3 is 2.30 bits per heavy atom. The standard InChI is InChI=1S/C19H19FO3/c1-13(20)12-23-19(22)14(2)16-9-6-10-17(11-16)18(21)15-7-4-3-5-8-15/h3-11,13-14H,12H2,1-2H3. The van der Waals surface area contributed by atoms with Crippen molar-refractivity contribution in [3.8, 4) is 0 Å². The van der Waals surface area contributed by atoms with E-state index >= 15 is 0 Å². The third-order valence-corrected chi connectivity index (χ3v) is 3.49. The van der Waals surface area contributed by atoms with Crippen LogP contribution in [0.25, 0.3) is 0 Å². The topological polar surface area (TPSA) is 43.4 Å². The van der Waals surface area contributed by atoms with Crippen LogP contribution in [0.15, 0.2) is 54.6 Å². The molecule has 0 aliphatic heterocycles. The van der Waals surface area contributed by atoms with Gasteiger partial charge in [0.15, 0.2) is 5.78 Å². The number of hydrogen-bond donors (Lipinski definition) is 0. The molecule has 0 amide bonds. The van der Waals surface area contributed by atoms with Gasteiger partial charge >= 0.3 is 5.97 Å². The third kappa shape index (κ3) is 4.49. The number of hydrogen-bond acceptors (Lipinski definition) is 3. The number of ether oxygens (including phenoxy) is 1. The highest BCUT2D eigenvalue weighted by molar-refractivity contribution is 6.09. The molecular formula is C19H19FO3. The third-order valence-electron chi connectivity index (χ3n) is 3.49. The molecule has 3 nitrogen and oxygen atoms in total. The van der Waals surface area contributed by atoms with Crippen LogP contribution in [0.3, 0.4) is 0 Å². The molecule has 0 saturated heterocycles. The summed E-state index contributed by atoms with van der Waals surface area (Å²) in [4.78, 5) is 24.4. The van der Waals surface area contributed by atoms with E-state index in [4.69, 9.17) is 4.74 Å². The second-order valence-corrected chi connectivity index (χ2v) is 5.45. The van der Waals surface area contributed by atoms with Crippen molar-refractivity contribution in [2.45, 2.75) is 25.9 Å². The molecule has 2 aromatic carbocycles. The molecule has 0 aromatic heterocycles. The van der Waals surface area contributed by atoms with Gasteiger partial charge in [0.25, 0.3) is 0 Å². The number of alkyl halides is 1. The fourth-order valence-corrected chi connectivity index (χ4v) is 2.16. The largest absolute Gasteiger partial charge is 0.462 e. The van der Waals surface area contributed by atoms with E-state index in [1.54, 1.807) is 55.5 Å². The Kier molecular flexibility index (Phi) is 5.63. The summed E-state index contributed by atoms with van der Waals surface area (Å²) in [6.07, 6.45) is -1.20. The Morgan fingerprint density at radius 2 is 1.65 bits per heavy atom. The second kappa shape index (κ2) is 7.68. The average Bonchev–Trinajstić information content (AvgIpc) is 2.59. The van der Waals surface area contributed by atoms with Crippen molar-refractivity contribution in [3.63, 3.8) is 0 Å². The number of ketones is 1. The van der Waals surface area contributed by atoms with Crippen LogP contribution in [0.4, 0.5) is 4.39 Å². The molecule has 0 spiro atoms. The van der Waals surface area contributed by atoms with Gasteiger partial charge in [0.1, 0.15) is 12.8 Å². The van der Waals surface area contributed by atoms with E-state index in [0.29, 0.717) is 16.7 Å². The smallest absolute Gasteiger partial charge is 0.313 e. The first-order valence-corrected chi connectivity index (χ1v) is 7.49. The first-order chi connectivity index (χ1) is 11.0. The lowest BCUT2D eigenvalue weighted by atomic mass is 9.96. The molecule has 2 rings (SSSR count). The molecule has 0 aliphatic carbocycles. The number of carbonyl (C=O) groups excluding carboxylic acids is 2. The highest BCUT2D eigenvalue weighted by Crippen LogP contribution is 2.20. The molecule has 4 heteroatoms. The highest BCUT2D eigenvalue weighted by Gasteiger charge is 2.19. The fourth-order valence-electron chi connectivity index (χ4n) is 2.16. The van der Waals surface area contributed by atoms with Crippen LogP contribution in [0.5, 0.6) is 0 Å². The Morgan fingerprint density at radius 1 is 1.00 bits per heavy atom. The number of benzene rings is 2. The van der Waals surface area contributed by atoms with E-state index < -0.39 is 18.1 Å². The van der Waals surface area contributed by atoms with Crippen molar-refractivity contribution < 1.29 is 18.7 Å². The van der Waals surface area contributed by atoms with Gasteiger partial charge in [-0.05, 0) is 25.5 Å². The minimum absolute atomic E-state index is 0.106. The van der Waals surface area contributed by atoms with Crippen molar-refractivity contribution in [1.29, 1.82) is 0 Å². The lowest BCUT2D eigenvalue weighted by Crippen LogP contribution is -2.17. The van der Waals surface area contributed by atoms with E-state index in [0.717, 1.165) is 0 Å². The van der Waals surface area contributed by atoms with Crippen molar-refractivity contribution in [2.24, 2.45) is 0 Å². The van der Waals surface area contributed by atoms with Crippen molar-refractivity contribution in [3.05, 3.63) is 71.3 Å². The summed E-state index contributed by atoms with van der Waals surface area (Å²) in [6, 6.07) is 15.8. The number of carbonyl (C=O) groups is 2. The van der Waals surface area contributed by atoms with Gasteiger partial charge in [0.05, 0.1) is 5.92 Å². The van der Waals surface area contributed by atoms with Gasteiger partial charge in [-0.1, -0.05) is 48.5 Å². The molecule has 0 N–H and O–H groups in total. The molecule has 0 saturated carbocycles. The van der Waals surface area contributed by atoms with Crippen LogP contribution in [-0.4, -0.2) is 24.5 Å². The summed E-state index contributed by atoms with van der Waals surface area (Å²) < 4.78 is 17.7. The molecule has 2 aromatic rings. The lowest BCUT2D eigenvalue weighted by Gasteiger charge is -2.13. The summed E-state index contributed by atoms with van der Waals surface area (Å²) in [6.45, 7) is 2.75. The Hall–Kier alpha value is -2.49. The SMILES string of the molecule is CC(F)COC(=O)C(C)c1cccc(C(=O)c2ccccc2)c1. The van der Waals surface area contributed by atoms with Crippen molar-refractivity contribution in [2.75, 3.05) is 6.61 Å². The van der Waals surface area contributed by atoms with E-state index in [2.05, 4.69) is 0 Å². The van der Waals surface area contributed by atoms with Crippen molar-refractivity contribution >= 4 is 11.8 Å². The Balaban J connectivity index is 2.16. The molecule has 0 heterocycles. The van der Waals surface area contributed by atoms with Crippen LogP contribution in [0, 0.1) is 0 Å². The number of rotatable bonds is 6. The fraction of sp³-hybridized carbons (Fsp3) is 0.263. The quantitative estimate of drug-likeness (QED) is 0.599. The Bertz CT molecular complexity index is 680. The van der Waals surface area contributed by atoms with Gasteiger partial charge in [-0.25, -0.2) is 4.39 Å². The Labute approximate surface area is 135 Å². The lowest BCUT2D eigenvalue weighted by molar-refractivity contribution is -0.146. The number of halogens is 1. The maximum absolute atomic E-state index is 12.8. The first-order valence-electron chi connectivity index (χ1n) is 7.49. The molecule has 23 heavy (non-hydrogen) atoms. The maximum Gasteiger partial charge on any atom is 0.313 e. The summed E-state index contributed by atoms with van der Waals surface area (Å²) in [5, 5.41) is 0. The molecule has 0 aliphatic rings. The van der Waals surface area contributed by atoms with Gasteiger partial charge in [0, 0.05) is 11.1 Å². The van der Waals surface area contributed by atoms with Crippen LogP contribution in [-0.2, 0) is 9.53 Å². The van der Waals surface area contributed by atoms with Gasteiger partial charge in [0.2, 0.25) is 0 Å². The van der Waals surface area contributed by atoms with Gasteiger partial charge < -0.3 is 4.74 Å². The van der Waals surface area contributed by atoms with E-state index in [-0.39, 0.29) is 12.4 Å².